The molecule has 3 rings (SSSR count). The quantitative estimate of drug-likeness (QED) is 0.321. The molecule has 3 aromatic rings. The van der Waals surface area contributed by atoms with Gasteiger partial charge in [0.25, 0.3) is 5.91 Å². The average molecular weight is 467 g/mol. The normalized spacial score (nSPS) is 10.9. The Morgan fingerprint density at radius 2 is 1.88 bits per heavy atom. The van der Waals surface area contributed by atoms with Crippen LogP contribution in [0.15, 0.2) is 66.2 Å². The number of anilines is 1. The number of carbonyl (C=O) groups is 1. The Labute approximate surface area is 196 Å². The summed E-state index contributed by atoms with van der Waals surface area (Å²) < 4.78 is 11.2. The second kappa shape index (κ2) is 10.7. The number of amides is 1. The van der Waals surface area contributed by atoms with Gasteiger partial charge < -0.3 is 14.8 Å². The van der Waals surface area contributed by atoms with Gasteiger partial charge in [0.1, 0.15) is 29.7 Å². The van der Waals surface area contributed by atoms with Crippen LogP contribution in [-0.4, -0.2) is 13.0 Å². The second-order valence-corrected chi connectivity index (χ2v) is 7.78. The fourth-order valence-corrected chi connectivity index (χ4v) is 3.28. The predicted molar refractivity (Wildman–Crippen MR) is 127 cm³/mol. The third-order valence-corrected chi connectivity index (χ3v) is 5.09. The number of hydrogen-bond acceptors (Lipinski definition) is 4. The Morgan fingerprint density at radius 1 is 1.09 bits per heavy atom. The lowest BCUT2D eigenvalue weighted by molar-refractivity contribution is -0.112. The molecular weight excluding hydrogens is 447 g/mol. The molecule has 1 amide bonds. The van der Waals surface area contributed by atoms with Crippen LogP contribution in [0.4, 0.5) is 5.69 Å². The summed E-state index contributed by atoms with van der Waals surface area (Å²) in [5.74, 6) is 0.499. The molecule has 0 aliphatic carbocycles. The van der Waals surface area contributed by atoms with E-state index in [1.54, 1.807) is 55.6 Å². The van der Waals surface area contributed by atoms with E-state index in [4.69, 9.17) is 32.7 Å². The molecule has 0 heterocycles. The number of halogens is 2. The third kappa shape index (κ3) is 6.04. The second-order valence-electron chi connectivity index (χ2n) is 6.91. The monoisotopic (exact) mass is 466 g/mol. The average Bonchev–Trinajstić information content (AvgIpc) is 2.78. The smallest absolute Gasteiger partial charge is 0.266 e. The van der Waals surface area contributed by atoms with E-state index in [-0.39, 0.29) is 12.2 Å². The van der Waals surface area contributed by atoms with E-state index >= 15 is 0 Å². The maximum atomic E-state index is 12.7. The minimum atomic E-state index is -0.547. The fourth-order valence-electron chi connectivity index (χ4n) is 2.90. The van der Waals surface area contributed by atoms with Gasteiger partial charge in [-0.3, -0.25) is 4.79 Å². The maximum absolute atomic E-state index is 12.7. The lowest BCUT2D eigenvalue weighted by Crippen LogP contribution is -2.14. The number of methoxy groups -OCH3 is 1. The topological polar surface area (TPSA) is 71.3 Å². The molecule has 0 spiro atoms. The minimum absolute atomic E-state index is 0.0813. The number of ether oxygens (including phenoxy) is 2. The highest BCUT2D eigenvalue weighted by molar-refractivity contribution is 6.31. The van der Waals surface area contributed by atoms with Gasteiger partial charge in [0.2, 0.25) is 0 Å². The van der Waals surface area contributed by atoms with Crippen molar-refractivity contribution < 1.29 is 14.3 Å². The SMILES string of the molecule is COc1ccc(/C=C(\C#N)C(=O)Nc2cc(Cl)ccc2C)c(OCc2cccc(Cl)c2)c1. The molecule has 0 bridgehead atoms. The van der Waals surface area contributed by atoms with Crippen LogP contribution in [0, 0.1) is 18.3 Å². The highest BCUT2D eigenvalue weighted by atomic mass is 35.5. The number of carbonyl (C=O) groups excluding carboxylic acids is 1. The molecule has 0 aromatic heterocycles. The standard InChI is InChI=1S/C25H20Cl2N2O3/c1-16-6-8-21(27)12-23(16)29-25(30)19(14-28)11-18-7-9-22(31-2)13-24(18)32-15-17-4-3-5-20(26)10-17/h3-13H,15H2,1-2H3,(H,29,30)/b19-11+. The van der Waals surface area contributed by atoms with Crippen molar-refractivity contribution in [3.05, 3.63) is 93.0 Å². The Balaban J connectivity index is 1.88. The van der Waals surface area contributed by atoms with Crippen molar-refractivity contribution in [3.8, 4) is 17.6 Å². The highest BCUT2D eigenvalue weighted by Crippen LogP contribution is 2.28. The van der Waals surface area contributed by atoms with Gasteiger partial charge in [-0.1, -0.05) is 41.4 Å². The summed E-state index contributed by atoms with van der Waals surface area (Å²) >= 11 is 12.1. The van der Waals surface area contributed by atoms with Crippen molar-refractivity contribution in [1.29, 1.82) is 5.26 Å². The molecule has 32 heavy (non-hydrogen) atoms. The molecule has 0 saturated heterocycles. The maximum Gasteiger partial charge on any atom is 0.266 e. The Hall–Kier alpha value is -3.46. The predicted octanol–water partition coefficient (Wildman–Crippen LogP) is 6.44. The summed E-state index contributed by atoms with van der Waals surface area (Å²) in [6, 6.07) is 19.6. The van der Waals surface area contributed by atoms with Gasteiger partial charge in [-0.25, -0.2) is 0 Å². The van der Waals surface area contributed by atoms with E-state index in [1.165, 1.54) is 6.08 Å². The first-order valence-corrected chi connectivity index (χ1v) is 10.4. The molecule has 5 nitrogen and oxygen atoms in total. The molecule has 0 atom stereocenters. The summed E-state index contributed by atoms with van der Waals surface area (Å²) in [6.07, 6.45) is 1.47. The van der Waals surface area contributed by atoms with Gasteiger partial charge in [0.05, 0.1) is 7.11 Å². The van der Waals surface area contributed by atoms with Crippen molar-refractivity contribution in [1.82, 2.24) is 0 Å². The van der Waals surface area contributed by atoms with Crippen LogP contribution in [0.1, 0.15) is 16.7 Å². The van der Waals surface area contributed by atoms with Crippen molar-refractivity contribution in [2.45, 2.75) is 13.5 Å². The number of hydrogen-bond donors (Lipinski definition) is 1. The first-order chi connectivity index (χ1) is 15.4. The van der Waals surface area contributed by atoms with Gasteiger partial charge >= 0.3 is 0 Å². The van der Waals surface area contributed by atoms with E-state index in [0.29, 0.717) is 32.8 Å². The molecule has 0 unspecified atom stereocenters. The minimum Gasteiger partial charge on any atom is -0.497 e. The van der Waals surface area contributed by atoms with Crippen LogP contribution >= 0.6 is 23.2 Å². The lowest BCUT2D eigenvalue weighted by Gasteiger charge is -2.12. The van der Waals surface area contributed by atoms with E-state index in [2.05, 4.69) is 5.32 Å². The van der Waals surface area contributed by atoms with E-state index in [0.717, 1.165) is 11.1 Å². The Kier molecular flexibility index (Phi) is 7.77. The van der Waals surface area contributed by atoms with Crippen LogP contribution in [0.2, 0.25) is 10.0 Å². The largest absolute Gasteiger partial charge is 0.497 e. The van der Waals surface area contributed by atoms with Gasteiger partial charge in [0.15, 0.2) is 0 Å². The molecule has 0 saturated carbocycles. The number of aryl methyl sites for hydroxylation is 1. The van der Waals surface area contributed by atoms with Crippen LogP contribution in [0.3, 0.4) is 0 Å². The third-order valence-electron chi connectivity index (χ3n) is 4.62. The van der Waals surface area contributed by atoms with E-state index in [1.807, 2.05) is 25.1 Å². The van der Waals surface area contributed by atoms with Crippen molar-refractivity contribution in [2.75, 3.05) is 12.4 Å². The zero-order chi connectivity index (χ0) is 23.1. The van der Waals surface area contributed by atoms with Gasteiger partial charge in [-0.2, -0.15) is 5.26 Å². The lowest BCUT2D eigenvalue weighted by atomic mass is 10.1. The van der Waals surface area contributed by atoms with Crippen LogP contribution < -0.4 is 14.8 Å². The Bertz CT molecular complexity index is 1220. The van der Waals surface area contributed by atoms with Crippen LogP contribution in [-0.2, 0) is 11.4 Å². The van der Waals surface area contributed by atoms with E-state index in [9.17, 15) is 10.1 Å². The van der Waals surface area contributed by atoms with Gasteiger partial charge in [0, 0.05) is 27.4 Å². The zero-order valence-corrected chi connectivity index (χ0v) is 19.0. The molecule has 0 fully saturated rings. The summed E-state index contributed by atoms with van der Waals surface area (Å²) in [7, 11) is 1.55. The number of benzene rings is 3. The van der Waals surface area contributed by atoms with Crippen molar-refractivity contribution >= 4 is 40.9 Å². The zero-order valence-electron chi connectivity index (χ0n) is 17.5. The molecule has 0 aliphatic rings. The molecule has 162 valence electrons. The first kappa shape index (κ1) is 23.2. The molecule has 0 radical (unpaired) electrons. The fraction of sp³-hybridized carbons (Fsp3) is 0.120. The molecule has 0 aliphatic heterocycles. The van der Waals surface area contributed by atoms with Gasteiger partial charge in [-0.05, 0) is 60.5 Å². The summed E-state index contributed by atoms with van der Waals surface area (Å²) in [4.78, 5) is 12.7. The number of nitrogens with one attached hydrogen (secondary N) is 1. The number of rotatable bonds is 7. The van der Waals surface area contributed by atoms with Crippen molar-refractivity contribution in [2.24, 2.45) is 0 Å². The van der Waals surface area contributed by atoms with Crippen LogP contribution in [0.25, 0.3) is 6.08 Å². The molecule has 1 N–H and O–H groups in total. The number of nitrogens with zero attached hydrogens (tertiary/aromatic N) is 1. The first-order valence-electron chi connectivity index (χ1n) is 9.64. The van der Waals surface area contributed by atoms with Crippen LogP contribution in [0.5, 0.6) is 11.5 Å². The highest BCUT2D eigenvalue weighted by Gasteiger charge is 2.14. The summed E-state index contributed by atoms with van der Waals surface area (Å²) in [5.41, 5.74) is 2.72. The molecule has 7 heteroatoms. The summed E-state index contributed by atoms with van der Waals surface area (Å²) in [5, 5.41) is 13.4. The summed E-state index contributed by atoms with van der Waals surface area (Å²) in [6.45, 7) is 2.09. The van der Waals surface area contributed by atoms with Crippen molar-refractivity contribution in [3.63, 3.8) is 0 Å². The van der Waals surface area contributed by atoms with Gasteiger partial charge in [-0.15, -0.1) is 0 Å². The Morgan fingerprint density at radius 3 is 2.59 bits per heavy atom. The molecular formula is C25H20Cl2N2O3. The number of nitriles is 1. The molecule has 3 aromatic carbocycles. The van der Waals surface area contributed by atoms with E-state index < -0.39 is 5.91 Å².